The number of nitrogens with zero attached hydrogens (tertiary/aromatic N) is 1. The molecule has 0 aliphatic carbocycles. The number of carbonyl (C=O) groups is 1. The van der Waals surface area contributed by atoms with Crippen LogP contribution in [0.5, 0.6) is 5.75 Å². The van der Waals surface area contributed by atoms with Crippen LogP contribution in [0.3, 0.4) is 0 Å². The van der Waals surface area contributed by atoms with Crippen molar-refractivity contribution in [1.29, 1.82) is 5.26 Å². The topological polar surface area (TPSA) is 62.1 Å². The molecule has 0 atom stereocenters. The van der Waals surface area contributed by atoms with Gasteiger partial charge in [0.25, 0.3) is 5.91 Å². The summed E-state index contributed by atoms with van der Waals surface area (Å²) in [4.78, 5) is 12.3. The second-order valence-corrected chi connectivity index (χ2v) is 6.00. The van der Waals surface area contributed by atoms with Crippen molar-refractivity contribution < 1.29 is 9.53 Å². The number of rotatable bonds is 5. The van der Waals surface area contributed by atoms with Gasteiger partial charge in [-0.05, 0) is 49.2 Å². The highest BCUT2D eigenvalue weighted by Gasteiger charge is 2.13. The van der Waals surface area contributed by atoms with Gasteiger partial charge in [0.2, 0.25) is 0 Å². The van der Waals surface area contributed by atoms with Crippen LogP contribution in [-0.2, 0) is 4.79 Å². The highest BCUT2D eigenvalue weighted by atomic mass is 35.5. The first kappa shape index (κ1) is 18.9. The number of nitriles is 1. The van der Waals surface area contributed by atoms with Crippen LogP contribution < -0.4 is 10.1 Å². The molecule has 2 rings (SSSR count). The lowest BCUT2D eigenvalue weighted by Gasteiger charge is -2.10. The quantitative estimate of drug-likeness (QED) is 0.574. The van der Waals surface area contributed by atoms with Gasteiger partial charge >= 0.3 is 0 Å². The first-order valence-electron chi connectivity index (χ1n) is 7.57. The number of aryl methyl sites for hydroxylation is 1. The van der Waals surface area contributed by atoms with Gasteiger partial charge in [-0.25, -0.2) is 0 Å². The first-order chi connectivity index (χ1) is 12.0. The number of ether oxygens (including phenoxy) is 1. The second kappa shape index (κ2) is 8.57. The fourth-order valence-corrected chi connectivity index (χ4v) is 2.78. The molecule has 0 spiro atoms. The van der Waals surface area contributed by atoms with Gasteiger partial charge < -0.3 is 10.1 Å². The Kier molecular flexibility index (Phi) is 6.46. The number of halogens is 2. The van der Waals surface area contributed by atoms with Gasteiger partial charge in [-0.3, -0.25) is 4.79 Å². The minimum absolute atomic E-state index is 0.0560. The highest BCUT2D eigenvalue weighted by molar-refractivity contribution is 6.37. The Balaban J connectivity index is 2.30. The molecule has 0 aromatic heterocycles. The zero-order chi connectivity index (χ0) is 18.4. The van der Waals surface area contributed by atoms with E-state index in [-0.39, 0.29) is 5.57 Å². The van der Waals surface area contributed by atoms with Crippen LogP contribution in [0.15, 0.2) is 42.0 Å². The lowest BCUT2D eigenvalue weighted by atomic mass is 10.1. The van der Waals surface area contributed by atoms with Crippen LogP contribution in [0.2, 0.25) is 10.0 Å². The molecule has 0 aliphatic rings. The van der Waals surface area contributed by atoms with E-state index in [1.54, 1.807) is 18.2 Å². The monoisotopic (exact) mass is 374 g/mol. The third kappa shape index (κ3) is 4.76. The number of nitrogens with one attached hydrogen (secondary N) is 1. The molecule has 25 heavy (non-hydrogen) atoms. The molecule has 0 saturated heterocycles. The predicted molar refractivity (Wildman–Crippen MR) is 101 cm³/mol. The van der Waals surface area contributed by atoms with Gasteiger partial charge in [0.15, 0.2) is 5.75 Å². The molecule has 4 nitrogen and oxygen atoms in total. The van der Waals surface area contributed by atoms with Gasteiger partial charge in [-0.2, -0.15) is 5.26 Å². The maximum Gasteiger partial charge on any atom is 0.266 e. The highest BCUT2D eigenvalue weighted by Crippen LogP contribution is 2.34. The first-order valence-corrected chi connectivity index (χ1v) is 8.32. The van der Waals surface area contributed by atoms with Crippen molar-refractivity contribution >= 4 is 40.9 Å². The largest absolute Gasteiger partial charge is 0.491 e. The van der Waals surface area contributed by atoms with Crippen molar-refractivity contribution in [2.24, 2.45) is 0 Å². The summed E-state index contributed by atoms with van der Waals surface area (Å²) in [6.07, 6.45) is 1.43. The zero-order valence-electron chi connectivity index (χ0n) is 13.8. The number of hydrogen-bond donors (Lipinski definition) is 1. The van der Waals surface area contributed by atoms with E-state index >= 15 is 0 Å². The SMILES string of the molecule is CCOc1c(Cl)cc(/C=C(/C#N)C(=O)Nc2ccccc2C)cc1Cl. The molecule has 128 valence electrons. The Morgan fingerprint density at radius 2 is 1.92 bits per heavy atom. The molecule has 2 aromatic rings. The van der Waals surface area contributed by atoms with Crippen molar-refractivity contribution in [3.8, 4) is 11.8 Å². The Morgan fingerprint density at radius 1 is 1.28 bits per heavy atom. The fourth-order valence-electron chi connectivity index (χ4n) is 2.16. The average Bonchev–Trinajstić information content (AvgIpc) is 2.58. The molecule has 0 bridgehead atoms. The van der Waals surface area contributed by atoms with Gasteiger partial charge in [0, 0.05) is 5.69 Å². The number of benzene rings is 2. The summed E-state index contributed by atoms with van der Waals surface area (Å²) in [6.45, 7) is 4.12. The molecule has 2 aromatic carbocycles. The van der Waals surface area contributed by atoms with Crippen LogP contribution in [0.1, 0.15) is 18.1 Å². The average molecular weight is 375 g/mol. The predicted octanol–water partition coefficient (Wildman–Crippen LogP) is 5.25. The molecule has 0 radical (unpaired) electrons. The van der Waals surface area contributed by atoms with Crippen molar-refractivity contribution in [3.05, 3.63) is 63.1 Å². The van der Waals surface area contributed by atoms with E-state index in [0.29, 0.717) is 33.7 Å². The van der Waals surface area contributed by atoms with Gasteiger partial charge in [-0.15, -0.1) is 0 Å². The fraction of sp³-hybridized carbons (Fsp3) is 0.158. The molecular weight excluding hydrogens is 359 g/mol. The zero-order valence-corrected chi connectivity index (χ0v) is 15.3. The minimum atomic E-state index is -0.502. The summed E-state index contributed by atoms with van der Waals surface area (Å²) in [6, 6.07) is 12.4. The Morgan fingerprint density at radius 3 is 2.48 bits per heavy atom. The summed E-state index contributed by atoms with van der Waals surface area (Å²) < 4.78 is 5.36. The van der Waals surface area contributed by atoms with Crippen LogP contribution in [-0.4, -0.2) is 12.5 Å². The van der Waals surface area contributed by atoms with Crippen molar-refractivity contribution in [2.75, 3.05) is 11.9 Å². The summed E-state index contributed by atoms with van der Waals surface area (Å²) in [5.74, 6) is -0.121. The van der Waals surface area contributed by atoms with E-state index < -0.39 is 5.91 Å². The molecular formula is C19H16Cl2N2O2. The van der Waals surface area contributed by atoms with Gasteiger partial charge in [-0.1, -0.05) is 41.4 Å². The van der Waals surface area contributed by atoms with Gasteiger partial charge in [0.05, 0.1) is 16.7 Å². The molecule has 6 heteroatoms. The summed E-state index contributed by atoms with van der Waals surface area (Å²) in [7, 11) is 0. The molecule has 1 N–H and O–H groups in total. The van der Waals surface area contributed by atoms with Gasteiger partial charge in [0.1, 0.15) is 11.6 Å². The van der Waals surface area contributed by atoms with E-state index in [1.807, 2.05) is 38.1 Å². The van der Waals surface area contributed by atoms with Crippen LogP contribution in [0.4, 0.5) is 5.69 Å². The Labute approximate surface area is 156 Å². The summed E-state index contributed by atoms with van der Waals surface area (Å²) >= 11 is 12.3. The van der Waals surface area contributed by atoms with E-state index in [9.17, 15) is 10.1 Å². The Bertz CT molecular complexity index is 847. The van der Waals surface area contributed by atoms with Crippen LogP contribution in [0.25, 0.3) is 6.08 Å². The number of carbonyl (C=O) groups excluding carboxylic acids is 1. The maximum absolute atomic E-state index is 12.3. The van der Waals surface area contributed by atoms with Crippen LogP contribution in [0, 0.1) is 18.3 Å². The normalized spacial score (nSPS) is 10.9. The van der Waals surface area contributed by atoms with E-state index in [4.69, 9.17) is 27.9 Å². The molecule has 0 fully saturated rings. The number of hydrogen-bond acceptors (Lipinski definition) is 3. The van der Waals surface area contributed by atoms with E-state index in [1.165, 1.54) is 6.08 Å². The number of para-hydroxylation sites is 1. The van der Waals surface area contributed by atoms with Crippen molar-refractivity contribution in [3.63, 3.8) is 0 Å². The van der Waals surface area contributed by atoms with E-state index in [2.05, 4.69) is 5.32 Å². The molecule has 0 heterocycles. The second-order valence-electron chi connectivity index (χ2n) is 5.19. The summed E-state index contributed by atoms with van der Waals surface area (Å²) in [5.41, 5.74) is 2.03. The lowest BCUT2D eigenvalue weighted by Crippen LogP contribution is -2.14. The Hall–Kier alpha value is -2.48. The van der Waals surface area contributed by atoms with Crippen molar-refractivity contribution in [1.82, 2.24) is 0 Å². The minimum Gasteiger partial charge on any atom is -0.491 e. The number of anilines is 1. The number of amides is 1. The standard InChI is InChI=1S/C19H16Cl2N2O2/c1-3-25-18-15(20)9-13(10-16(18)21)8-14(11-22)19(24)23-17-7-5-4-6-12(17)2/h4-10H,3H2,1-2H3,(H,23,24)/b14-8-. The molecule has 0 unspecified atom stereocenters. The molecule has 0 aliphatic heterocycles. The lowest BCUT2D eigenvalue weighted by molar-refractivity contribution is -0.112. The molecule has 0 saturated carbocycles. The third-order valence-corrected chi connectivity index (χ3v) is 3.94. The smallest absolute Gasteiger partial charge is 0.266 e. The molecule has 1 amide bonds. The third-order valence-electron chi connectivity index (χ3n) is 3.38. The van der Waals surface area contributed by atoms with Crippen LogP contribution >= 0.6 is 23.2 Å². The maximum atomic E-state index is 12.3. The van der Waals surface area contributed by atoms with Crippen molar-refractivity contribution in [2.45, 2.75) is 13.8 Å². The summed E-state index contributed by atoms with van der Waals surface area (Å²) in [5, 5.41) is 12.7. The van der Waals surface area contributed by atoms with E-state index in [0.717, 1.165) is 5.56 Å².